The van der Waals surface area contributed by atoms with Crippen LogP contribution in [-0.4, -0.2) is 22.0 Å². The highest BCUT2D eigenvalue weighted by atomic mass is 79.9. The Hall–Kier alpha value is -3.10. The maximum Gasteiger partial charge on any atom is 0.315 e. The van der Waals surface area contributed by atoms with E-state index in [0.29, 0.717) is 43.2 Å². The van der Waals surface area contributed by atoms with Gasteiger partial charge < -0.3 is 19.4 Å². The Balaban J connectivity index is 1.72. The molecule has 1 heterocycles. The second-order valence-corrected chi connectivity index (χ2v) is 10.1. The van der Waals surface area contributed by atoms with Crippen molar-refractivity contribution in [3.63, 3.8) is 0 Å². The van der Waals surface area contributed by atoms with Crippen molar-refractivity contribution in [2.75, 3.05) is 0 Å². The van der Waals surface area contributed by atoms with Crippen molar-refractivity contribution in [3.05, 3.63) is 86.0 Å². The SMILES string of the molecule is CCCCCc1oc2cc(OC(=O)Cc3ccccc3)c(O)cc2c1C(=O)c1cc(Br)c(O)c(Br)c1. The van der Waals surface area contributed by atoms with Crippen molar-refractivity contribution in [1.29, 1.82) is 0 Å². The second-order valence-electron chi connectivity index (χ2n) is 8.43. The molecule has 0 amide bonds. The Bertz CT molecular complexity index is 1400. The molecule has 0 saturated heterocycles. The standard InChI is InChI=1S/C28H24Br2O6/c1-2-3-5-10-22-26(27(33)17-12-19(29)28(34)20(30)13-17)18-14-21(31)24(15-23(18)35-22)36-25(32)11-16-8-6-4-7-9-16/h4,6-9,12-15,31,34H,2-3,5,10-11H2,1H3. The van der Waals surface area contributed by atoms with Gasteiger partial charge in [-0.1, -0.05) is 50.1 Å². The van der Waals surface area contributed by atoms with Crippen LogP contribution < -0.4 is 4.74 Å². The first-order valence-corrected chi connectivity index (χ1v) is 13.1. The number of hydrogen-bond acceptors (Lipinski definition) is 6. The Kier molecular flexibility index (Phi) is 8.16. The lowest BCUT2D eigenvalue weighted by molar-refractivity contribution is -0.133. The minimum absolute atomic E-state index is 0.00799. The zero-order valence-corrected chi connectivity index (χ0v) is 22.7. The van der Waals surface area contributed by atoms with Gasteiger partial charge in [-0.2, -0.15) is 0 Å². The Morgan fingerprint density at radius 2 is 1.67 bits per heavy atom. The number of rotatable bonds is 9. The molecule has 186 valence electrons. The lowest BCUT2D eigenvalue weighted by Gasteiger charge is -2.08. The lowest BCUT2D eigenvalue weighted by atomic mass is 9.98. The minimum Gasteiger partial charge on any atom is -0.506 e. The molecule has 0 bridgehead atoms. The van der Waals surface area contributed by atoms with Crippen molar-refractivity contribution in [1.82, 2.24) is 0 Å². The average Bonchev–Trinajstić information content (AvgIpc) is 3.19. The van der Waals surface area contributed by atoms with Crippen LogP contribution in [0.3, 0.4) is 0 Å². The summed E-state index contributed by atoms with van der Waals surface area (Å²) in [5.41, 5.74) is 1.80. The number of carbonyl (C=O) groups is 2. The number of carbonyl (C=O) groups excluding carboxylic acids is 2. The van der Waals surface area contributed by atoms with Crippen LogP contribution in [0.25, 0.3) is 11.0 Å². The molecule has 0 radical (unpaired) electrons. The average molecular weight is 616 g/mol. The van der Waals surface area contributed by atoms with Crippen LogP contribution in [0.1, 0.15) is 53.4 Å². The summed E-state index contributed by atoms with van der Waals surface area (Å²) in [4.78, 5) is 26.1. The maximum atomic E-state index is 13.6. The van der Waals surface area contributed by atoms with E-state index in [1.54, 1.807) is 0 Å². The van der Waals surface area contributed by atoms with Gasteiger partial charge in [0, 0.05) is 23.4 Å². The van der Waals surface area contributed by atoms with Gasteiger partial charge in [-0.15, -0.1) is 0 Å². The summed E-state index contributed by atoms with van der Waals surface area (Å²) in [5.74, 6) is -0.656. The van der Waals surface area contributed by atoms with Gasteiger partial charge in [-0.25, -0.2) is 0 Å². The quantitative estimate of drug-likeness (QED) is 0.0877. The van der Waals surface area contributed by atoms with Crippen molar-refractivity contribution >= 4 is 54.6 Å². The predicted molar refractivity (Wildman–Crippen MR) is 144 cm³/mol. The molecular formula is C28H24Br2O6. The van der Waals surface area contributed by atoms with Crippen LogP contribution in [-0.2, 0) is 17.6 Å². The molecule has 8 heteroatoms. The summed E-state index contributed by atoms with van der Waals surface area (Å²) in [7, 11) is 0. The molecule has 4 aromatic rings. The van der Waals surface area contributed by atoms with Gasteiger partial charge in [0.25, 0.3) is 0 Å². The van der Waals surface area contributed by atoms with E-state index in [0.717, 1.165) is 24.8 Å². The van der Waals surface area contributed by atoms with E-state index in [4.69, 9.17) is 9.15 Å². The van der Waals surface area contributed by atoms with Crippen LogP contribution in [0.15, 0.2) is 68.0 Å². The van der Waals surface area contributed by atoms with E-state index < -0.39 is 5.97 Å². The molecule has 0 aliphatic rings. The molecule has 2 N–H and O–H groups in total. The van der Waals surface area contributed by atoms with Gasteiger partial charge in [0.2, 0.25) is 0 Å². The highest BCUT2D eigenvalue weighted by Crippen LogP contribution is 2.39. The van der Waals surface area contributed by atoms with Crippen molar-refractivity contribution < 1.29 is 29.0 Å². The third-order valence-corrected chi connectivity index (χ3v) is 6.98. The molecule has 0 spiro atoms. The van der Waals surface area contributed by atoms with Gasteiger partial charge in [0.1, 0.15) is 17.1 Å². The summed E-state index contributed by atoms with van der Waals surface area (Å²) in [5, 5.41) is 21.1. The first kappa shape index (κ1) is 26.0. The van der Waals surface area contributed by atoms with Gasteiger partial charge >= 0.3 is 5.97 Å². The molecule has 0 atom stereocenters. The highest BCUT2D eigenvalue weighted by Gasteiger charge is 2.25. The van der Waals surface area contributed by atoms with E-state index in [-0.39, 0.29) is 29.5 Å². The Morgan fingerprint density at radius 1 is 0.972 bits per heavy atom. The number of phenolic OH excluding ortho intramolecular Hbond substituents is 2. The molecule has 36 heavy (non-hydrogen) atoms. The maximum absolute atomic E-state index is 13.6. The van der Waals surface area contributed by atoms with Gasteiger partial charge in [0.15, 0.2) is 17.3 Å². The van der Waals surface area contributed by atoms with E-state index >= 15 is 0 Å². The fourth-order valence-electron chi connectivity index (χ4n) is 3.97. The number of ketones is 1. The summed E-state index contributed by atoms with van der Waals surface area (Å²) < 4.78 is 12.2. The molecule has 0 saturated carbocycles. The van der Waals surface area contributed by atoms with Crippen LogP contribution in [0.4, 0.5) is 0 Å². The number of benzene rings is 3. The normalized spacial score (nSPS) is 11.1. The Morgan fingerprint density at radius 3 is 2.33 bits per heavy atom. The number of aromatic hydroxyl groups is 2. The first-order chi connectivity index (χ1) is 17.3. The smallest absolute Gasteiger partial charge is 0.315 e. The van der Waals surface area contributed by atoms with Gasteiger partial charge in [0.05, 0.1) is 20.9 Å². The monoisotopic (exact) mass is 614 g/mol. The first-order valence-electron chi connectivity index (χ1n) is 11.5. The number of phenols is 2. The van der Waals surface area contributed by atoms with E-state index in [1.165, 1.54) is 24.3 Å². The zero-order chi connectivity index (χ0) is 25.8. The molecule has 4 rings (SSSR count). The molecule has 0 unspecified atom stereocenters. The Labute approximate surface area is 225 Å². The topological polar surface area (TPSA) is 97.0 Å². The summed E-state index contributed by atoms with van der Waals surface area (Å²) in [6, 6.07) is 15.1. The number of ether oxygens (including phenoxy) is 1. The molecule has 0 fully saturated rings. The van der Waals surface area contributed by atoms with E-state index in [9.17, 15) is 19.8 Å². The minimum atomic E-state index is -0.527. The largest absolute Gasteiger partial charge is 0.506 e. The molecule has 0 aliphatic carbocycles. The van der Waals surface area contributed by atoms with Crippen molar-refractivity contribution in [2.45, 2.75) is 39.0 Å². The third-order valence-electron chi connectivity index (χ3n) is 5.77. The molecule has 0 aliphatic heterocycles. The zero-order valence-electron chi connectivity index (χ0n) is 19.5. The van der Waals surface area contributed by atoms with E-state index in [2.05, 4.69) is 38.8 Å². The number of hydrogen-bond donors (Lipinski definition) is 2. The van der Waals surface area contributed by atoms with Gasteiger partial charge in [-0.05, 0) is 62.0 Å². The molecule has 1 aromatic heterocycles. The summed E-state index contributed by atoms with van der Waals surface area (Å²) >= 11 is 6.54. The number of unbranched alkanes of at least 4 members (excludes halogenated alkanes) is 2. The number of halogens is 2. The van der Waals surface area contributed by atoms with Gasteiger partial charge in [-0.3, -0.25) is 9.59 Å². The predicted octanol–water partition coefficient (Wildman–Crippen LogP) is 7.48. The molecule has 3 aromatic carbocycles. The number of fused-ring (bicyclic) bond motifs is 1. The highest BCUT2D eigenvalue weighted by molar-refractivity contribution is 9.11. The van der Waals surface area contributed by atoms with Crippen molar-refractivity contribution in [2.24, 2.45) is 0 Å². The van der Waals surface area contributed by atoms with Crippen LogP contribution in [0, 0.1) is 0 Å². The van der Waals surface area contributed by atoms with Crippen LogP contribution in [0.2, 0.25) is 0 Å². The third kappa shape index (κ3) is 5.65. The fraction of sp³-hybridized carbons (Fsp3) is 0.214. The van der Waals surface area contributed by atoms with Crippen molar-refractivity contribution in [3.8, 4) is 17.2 Å². The molecule has 6 nitrogen and oxygen atoms in total. The number of aryl methyl sites for hydroxylation is 1. The summed E-state index contributed by atoms with van der Waals surface area (Å²) in [6.45, 7) is 2.09. The van der Waals surface area contributed by atoms with E-state index in [1.807, 2.05) is 30.3 Å². The lowest BCUT2D eigenvalue weighted by Crippen LogP contribution is -2.11. The van der Waals surface area contributed by atoms with Crippen LogP contribution >= 0.6 is 31.9 Å². The number of furan rings is 1. The number of esters is 1. The summed E-state index contributed by atoms with van der Waals surface area (Å²) in [6.07, 6.45) is 3.38. The molecular weight excluding hydrogens is 592 g/mol. The fourth-order valence-corrected chi connectivity index (χ4v) is 5.15. The van der Waals surface area contributed by atoms with Crippen LogP contribution in [0.5, 0.6) is 17.2 Å². The second kappa shape index (κ2) is 11.3.